The van der Waals surface area contributed by atoms with Crippen LogP contribution in [-0.4, -0.2) is 39.3 Å². The van der Waals surface area contributed by atoms with Crippen molar-refractivity contribution in [1.29, 1.82) is 5.26 Å². The molecular weight excluding hydrogens is 366 g/mol. The first-order valence-corrected chi connectivity index (χ1v) is 9.67. The van der Waals surface area contributed by atoms with Gasteiger partial charge in [0.15, 0.2) is 0 Å². The minimum atomic E-state index is -0.448. The van der Waals surface area contributed by atoms with Gasteiger partial charge in [-0.15, -0.1) is 0 Å². The normalized spacial score (nSPS) is 14.2. The lowest BCUT2D eigenvalue weighted by molar-refractivity contribution is -0.112. The molecule has 150 valence electrons. The molecule has 1 fully saturated rings. The van der Waals surface area contributed by atoms with Crippen LogP contribution in [0.4, 0.5) is 11.4 Å². The van der Waals surface area contributed by atoms with Crippen LogP contribution in [0.2, 0.25) is 0 Å². The molecule has 1 aliphatic rings. The summed E-state index contributed by atoms with van der Waals surface area (Å²) in [5.41, 5.74) is 3.56. The lowest BCUT2D eigenvalue weighted by Gasteiger charge is -2.29. The molecular formula is C23H25N3O3. The molecule has 0 aromatic heterocycles. The number of carbonyl (C=O) groups excluding carboxylic acids is 1. The molecule has 0 aliphatic carbocycles. The summed E-state index contributed by atoms with van der Waals surface area (Å²) in [5.74, 6) is 0.165. The van der Waals surface area contributed by atoms with Crippen molar-refractivity contribution in [3.05, 3.63) is 59.2 Å². The third-order valence-electron chi connectivity index (χ3n) is 4.88. The van der Waals surface area contributed by atoms with Gasteiger partial charge in [-0.1, -0.05) is 19.1 Å². The van der Waals surface area contributed by atoms with E-state index in [0.29, 0.717) is 30.2 Å². The van der Waals surface area contributed by atoms with Gasteiger partial charge in [-0.3, -0.25) is 4.79 Å². The van der Waals surface area contributed by atoms with Gasteiger partial charge >= 0.3 is 0 Å². The quantitative estimate of drug-likeness (QED) is 0.601. The van der Waals surface area contributed by atoms with Crippen molar-refractivity contribution in [3.63, 3.8) is 0 Å². The highest BCUT2D eigenvalue weighted by Gasteiger charge is 2.15. The summed E-state index contributed by atoms with van der Waals surface area (Å²) in [6, 6.07) is 15.3. The third kappa shape index (κ3) is 5.15. The van der Waals surface area contributed by atoms with Gasteiger partial charge in [0.05, 0.1) is 20.3 Å². The summed E-state index contributed by atoms with van der Waals surface area (Å²) in [4.78, 5) is 14.8. The van der Waals surface area contributed by atoms with Gasteiger partial charge in [0, 0.05) is 36.1 Å². The zero-order valence-electron chi connectivity index (χ0n) is 16.8. The fourth-order valence-electron chi connectivity index (χ4n) is 3.16. The Morgan fingerprint density at radius 1 is 1.24 bits per heavy atom. The number of methoxy groups -OCH3 is 1. The van der Waals surface area contributed by atoms with Gasteiger partial charge in [-0.25, -0.2) is 0 Å². The van der Waals surface area contributed by atoms with Crippen LogP contribution in [0.15, 0.2) is 48.0 Å². The molecule has 0 spiro atoms. The summed E-state index contributed by atoms with van der Waals surface area (Å²) in [7, 11) is 1.58. The van der Waals surface area contributed by atoms with Crippen LogP contribution in [0.25, 0.3) is 6.08 Å². The van der Waals surface area contributed by atoms with E-state index in [1.165, 1.54) is 5.56 Å². The van der Waals surface area contributed by atoms with Gasteiger partial charge in [0.1, 0.15) is 17.4 Å². The number of nitriles is 1. The zero-order chi connectivity index (χ0) is 20.6. The number of ether oxygens (including phenoxy) is 2. The molecule has 1 aliphatic heterocycles. The molecule has 0 radical (unpaired) electrons. The van der Waals surface area contributed by atoms with E-state index in [2.05, 4.69) is 17.1 Å². The molecule has 0 unspecified atom stereocenters. The van der Waals surface area contributed by atoms with Crippen molar-refractivity contribution in [2.45, 2.75) is 13.3 Å². The van der Waals surface area contributed by atoms with Crippen molar-refractivity contribution >= 4 is 23.4 Å². The number of hydrogen-bond acceptors (Lipinski definition) is 5. The second-order valence-corrected chi connectivity index (χ2v) is 6.70. The predicted octanol–water partition coefficient (Wildman–Crippen LogP) is 3.64. The number of anilines is 2. The van der Waals surface area contributed by atoms with Crippen molar-refractivity contribution < 1.29 is 14.3 Å². The molecule has 0 bridgehead atoms. The number of nitrogens with zero attached hydrogens (tertiary/aromatic N) is 2. The first kappa shape index (κ1) is 20.4. The van der Waals surface area contributed by atoms with Gasteiger partial charge in [-0.2, -0.15) is 5.26 Å². The number of aryl methyl sites for hydroxylation is 1. The maximum atomic E-state index is 12.6. The smallest absolute Gasteiger partial charge is 0.266 e. The van der Waals surface area contributed by atoms with E-state index in [9.17, 15) is 10.1 Å². The van der Waals surface area contributed by atoms with Crippen LogP contribution in [-0.2, 0) is 16.0 Å². The predicted molar refractivity (Wildman–Crippen MR) is 114 cm³/mol. The first-order valence-electron chi connectivity index (χ1n) is 9.67. The Labute approximate surface area is 171 Å². The van der Waals surface area contributed by atoms with E-state index in [1.54, 1.807) is 13.2 Å². The maximum Gasteiger partial charge on any atom is 0.266 e. The molecule has 2 aromatic rings. The summed E-state index contributed by atoms with van der Waals surface area (Å²) in [6.07, 6.45) is 2.48. The van der Waals surface area contributed by atoms with Gasteiger partial charge in [0.25, 0.3) is 5.91 Å². The number of hydrogen-bond donors (Lipinski definition) is 1. The van der Waals surface area contributed by atoms with Crippen molar-refractivity contribution in [2.24, 2.45) is 0 Å². The largest absolute Gasteiger partial charge is 0.496 e. The lowest BCUT2D eigenvalue weighted by Crippen LogP contribution is -2.36. The Hall–Kier alpha value is -3.30. The molecule has 1 amide bonds. The monoisotopic (exact) mass is 391 g/mol. The van der Waals surface area contributed by atoms with Crippen LogP contribution >= 0.6 is 0 Å². The van der Waals surface area contributed by atoms with E-state index in [-0.39, 0.29) is 5.57 Å². The molecule has 1 saturated heterocycles. The number of benzene rings is 2. The molecule has 6 heteroatoms. The van der Waals surface area contributed by atoms with Crippen LogP contribution in [0.3, 0.4) is 0 Å². The maximum absolute atomic E-state index is 12.6. The van der Waals surface area contributed by atoms with Crippen LogP contribution in [0, 0.1) is 11.3 Å². The lowest BCUT2D eigenvalue weighted by atomic mass is 10.1. The minimum absolute atomic E-state index is 0.0157. The Balaban J connectivity index is 1.79. The average molecular weight is 391 g/mol. The first-order chi connectivity index (χ1) is 14.1. The summed E-state index contributed by atoms with van der Waals surface area (Å²) >= 11 is 0. The molecule has 2 aromatic carbocycles. The van der Waals surface area contributed by atoms with Gasteiger partial charge in [-0.05, 0) is 42.3 Å². The number of rotatable bonds is 6. The fraction of sp³-hybridized carbons (Fsp3) is 0.304. The topological polar surface area (TPSA) is 74.6 Å². The Morgan fingerprint density at radius 2 is 1.97 bits per heavy atom. The standard InChI is InChI=1S/C23H25N3O3/c1-3-17-4-7-20(8-5-17)25-23(27)19(16-24)14-18-6-9-21(15-22(18)28-2)26-10-12-29-13-11-26/h4-9,14-15H,3,10-13H2,1-2H3,(H,25,27)/b19-14-. The summed E-state index contributed by atoms with van der Waals surface area (Å²) in [5, 5.41) is 12.3. The highest BCUT2D eigenvalue weighted by atomic mass is 16.5. The van der Waals surface area contributed by atoms with Crippen molar-refractivity contribution in [2.75, 3.05) is 43.6 Å². The van der Waals surface area contributed by atoms with Gasteiger partial charge in [0.2, 0.25) is 0 Å². The highest BCUT2D eigenvalue weighted by Crippen LogP contribution is 2.28. The van der Waals surface area contributed by atoms with Crippen molar-refractivity contribution in [3.8, 4) is 11.8 Å². The number of carbonyl (C=O) groups is 1. The Bertz CT molecular complexity index is 923. The molecule has 3 rings (SSSR count). The third-order valence-corrected chi connectivity index (χ3v) is 4.88. The SMILES string of the molecule is CCc1ccc(NC(=O)/C(C#N)=C\c2ccc(N3CCOCC3)cc2OC)cc1. The molecule has 0 saturated carbocycles. The van der Waals surface area contributed by atoms with E-state index in [0.717, 1.165) is 25.2 Å². The van der Waals surface area contributed by atoms with E-state index in [4.69, 9.17) is 9.47 Å². The van der Waals surface area contributed by atoms with Crippen LogP contribution in [0.1, 0.15) is 18.1 Å². The Morgan fingerprint density at radius 3 is 2.59 bits per heavy atom. The van der Waals surface area contributed by atoms with Gasteiger partial charge < -0.3 is 19.7 Å². The minimum Gasteiger partial charge on any atom is -0.496 e. The van der Waals surface area contributed by atoms with E-state index >= 15 is 0 Å². The Kier molecular flexibility index (Phi) is 6.88. The molecule has 0 atom stereocenters. The second kappa shape index (κ2) is 9.76. The molecule has 1 heterocycles. The van der Waals surface area contributed by atoms with E-state index < -0.39 is 5.91 Å². The second-order valence-electron chi connectivity index (χ2n) is 6.70. The number of nitrogens with one attached hydrogen (secondary N) is 1. The highest BCUT2D eigenvalue weighted by molar-refractivity contribution is 6.09. The number of amides is 1. The molecule has 29 heavy (non-hydrogen) atoms. The fourth-order valence-corrected chi connectivity index (χ4v) is 3.16. The number of morpholine rings is 1. The van der Waals surface area contributed by atoms with Crippen molar-refractivity contribution in [1.82, 2.24) is 0 Å². The summed E-state index contributed by atoms with van der Waals surface area (Å²) in [6.45, 7) is 5.10. The zero-order valence-corrected chi connectivity index (χ0v) is 16.8. The van der Waals surface area contributed by atoms with Crippen LogP contribution in [0.5, 0.6) is 5.75 Å². The van der Waals surface area contributed by atoms with E-state index in [1.807, 2.05) is 48.5 Å². The molecule has 6 nitrogen and oxygen atoms in total. The summed E-state index contributed by atoms with van der Waals surface area (Å²) < 4.78 is 10.9. The molecule has 1 N–H and O–H groups in total. The van der Waals surface area contributed by atoms with Crippen LogP contribution < -0.4 is 15.0 Å². The average Bonchev–Trinajstić information content (AvgIpc) is 2.78.